The van der Waals surface area contributed by atoms with Crippen LogP contribution in [0.2, 0.25) is 0 Å². The molecule has 0 bridgehead atoms. The lowest BCUT2D eigenvalue weighted by atomic mass is 9.99. The highest BCUT2D eigenvalue weighted by Crippen LogP contribution is 2.20. The number of hydrogen-bond donors (Lipinski definition) is 0. The lowest BCUT2D eigenvalue weighted by molar-refractivity contribution is 0.0749. The fourth-order valence-corrected chi connectivity index (χ4v) is 2.85. The van der Waals surface area contributed by atoms with Crippen LogP contribution in [0.3, 0.4) is 0 Å². The zero-order valence-corrected chi connectivity index (χ0v) is 14.1. The van der Waals surface area contributed by atoms with Gasteiger partial charge in [0.2, 0.25) is 0 Å². The van der Waals surface area contributed by atoms with Gasteiger partial charge in [-0.1, -0.05) is 20.8 Å². The zero-order valence-electron chi connectivity index (χ0n) is 14.1. The molecule has 1 aliphatic rings. The minimum Gasteiger partial charge on any atom is -0.355 e. The predicted octanol–water partition coefficient (Wildman–Crippen LogP) is 2.98. The largest absolute Gasteiger partial charge is 0.355 e. The number of rotatable bonds is 6. The van der Waals surface area contributed by atoms with Crippen molar-refractivity contribution in [3.63, 3.8) is 0 Å². The van der Waals surface area contributed by atoms with Gasteiger partial charge in [-0.25, -0.2) is 9.97 Å². The molecule has 22 heavy (non-hydrogen) atoms. The predicted molar refractivity (Wildman–Crippen MR) is 89.1 cm³/mol. The Labute approximate surface area is 133 Å². The second kappa shape index (κ2) is 8.11. The summed E-state index contributed by atoms with van der Waals surface area (Å²) in [6, 6.07) is 0. The molecule has 0 unspecified atom stereocenters. The van der Waals surface area contributed by atoms with Crippen molar-refractivity contribution in [1.29, 1.82) is 0 Å². The van der Waals surface area contributed by atoms with Crippen molar-refractivity contribution in [2.45, 2.75) is 46.5 Å². The topological polar surface area (TPSA) is 49.3 Å². The maximum atomic E-state index is 12.5. The molecule has 0 N–H and O–H groups in total. The smallest absolute Gasteiger partial charge is 0.274 e. The van der Waals surface area contributed by atoms with Crippen LogP contribution in [0.1, 0.15) is 56.9 Å². The summed E-state index contributed by atoms with van der Waals surface area (Å²) < 4.78 is 0. The first-order valence-corrected chi connectivity index (χ1v) is 8.52. The van der Waals surface area contributed by atoms with Gasteiger partial charge < -0.3 is 9.80 Å². The molecule has 1 aliphatic heterocycles. The lowest BCUT2D eigenvalue weighted by Crippen LogP contribution is -2.34. The third-order valence-electron chi connectivity index (χ3n) is 4.24. The van der Waals surface area contributed by atoms with Gasteiger partial charge in [-0.15, -0.1) is 0 Å². The first kappa shape index (κ1) is 16.7. The summed E-state index contributed by atoms with van der Waals surface area (Å²) in [5.41, 5.74) is 0.455. The average molecular weight is 304 g/mol. The standard InChI is InChI=1S/C17H28N4O/c1-4-8-21(9-5-2)17(22)15-12-19-16(13-18-15)20-10-6-14(3)7-11-20/h12-14H,4-11H2,1-3H3. The summed E-state index contributed by atoms with van der Waals surface area (Å²) in [5.74, 6) is 1.68. The van der Waals surface area contributed by atoms with Crippen molar-refractivity contribution in [2.75, 3.05) is 31.1 Å². The Hall–Kier alpha value is -1.65. The highest BCUT2D eigenvalue weighted by molar-refractivity contribution is 5.92. The van der Waals surface area contributed by atoms with Crippen molar-refractivity contribution in [2.24, 2.45) is 5.92 Å². The van der Waals surface area contributed by atoms with Crippen molar-refractivity contribution in [1.82, 2.24) is 14.9 Å². The summed E-state index contributed by atoms with van der Waals surface area (Å²) in [6.07, 6.45) is 7.70. The number of nitrogens with zero attached hydrogens (tertiary/aromatic N) is 4. The molecule has 2 rings (SSSR count). The fourth-order valence-electron chi connectivity index (χ4n) is 2.85. The van der Waals surface area contributed by atoms with E-state index in [0.717, 1.165) is 50.8 Å². The number of amides is 1. The van der Waals surface area contributed by atoms with Gasteiger partial charge in [-0.2, -0.15) is 0 Å². The van der Waals surface area contributed by atoms with E-state index in [0.29, 0.717) is 5.69 Å². The fraction of sp³-hybridized carbons (Fsp3) is 0.706. The molecule has 1 fully saturated rings. The number of anilines is 1. The average Bonchev–Trinajstić information content (AvgIpc) is 2.55. The summed E-state index contributed by atoms with van der Waals surface area (Å²) in [4.78, 5) is 25.4. The molecule has 122 valence electrons. The van der Waals surface area contributed by atoms with Crippen molar-refractivity contribution < 1.29 is 4.79 Å². The van der Waals surface area contributed by atoms with Crippen LogP contribution >= 0.6 is 0 Å². The van der Waals surface area contributed by atoms with Gasteiger partial charge in [0, 0.05) is 26.2 Å². The van der Waals surface area contributed by atoms with E-state index in [1.807, 2.05) is 4.90 Å². The Morgan fingerprint density at radius 3 is 2.32 bits per heavy atom. The second-order valence-electron chi connectivity index (χ2n) is 6.22. The molecule has 1 saturated heterocycles. The summed E-state index contributed by atoms with van der Waals surface area (Å²) in [7, 11) is 0. The summed E-state index contributed by atoms with van der Waals surface area (Å²) in [6.45, 7) is 10.1. The molecule has 5 heteroatoms. The monoisotopic (exact) mass is 304 g/mol. The number of carbonyl (C=O) groups excluding carboxylic acids is 1. The zero-order chi connectivity index (χ0) is 15.9. The minimum absolute atomic E-state index is 0.00461. The molecule has 0 aromatic carbocycles. The van der Waals surface area contributed by atoms with E-state index in [1.54, 1.807) is 12.4 Å². The Morgan fingerprint density at radius 2 is 1.82 bits per heavy atom. The highest BCUT2D eigenvalue weighted by atomic mass is 16.2. The molecule has 2 heterocycles. The number of carbonyl (C=O) groups is 1. The van der Waals surface area contributed by atoms with Crippen LogP contribution in [0.5, 0.6) is 0 Å². The Bertz CT molecular complexity index is 460. The van der Waals surface area contributed by atoms with E-state index < -0.39 is 0 Å². The molecule has 0 spiro atoms. The summed E-state index contributed by atoms with van der Waals surface area (Å²) in [5, 5.41) is 0. The van der Waals surface area contributed by atoms with Crippen molar-refractivity contribution >= 4 is 11.7 Å². The third kappa shape index (κ3) is 4.18. The van der Waals surface area contributed by atoms with E-state index in [1.165, 1.54) is 12.8 Å². The maximum Gasteiger partial charge on any atom is 0.274 e. The van der Waals surface area contributed by atoms with E-state index in [9.17, 15) is 4.79 Å². The molecule has 0 saturated carbocycles. The van der Waals surface area contributed by atoms with Crippen LogP contribution in [-0.2, 0) is 0 Å². The molecular weight excluding hydrogens is 276 g/mol. The van der Waals surface area contributed by atoms with E-state index in [4.69, 9.17) is 0 Å². The number of piperidine rings is 1. The molecule has 0 radical (unpaired) electrons. The molecule has 1 aromatic rings. The van der Waals surface area contributed by atoms with Crippen LogP contribution in [0.25, 0.3) is 0 Å². The van der Waals surface area contributed by atoms with E-state index in [-0.39, 0.29) is 5.91 Å². The quantitative estimate of drug-likeness (QED) is 0.810. The van der Waals surface area contributed by atoms with Gasteiger partial charge in [0.1, 0.15) is 11.5 Å². The van der Waals surface area contributed by atoms with Gasteiger partial charge in [0.25, 0.3) is 5.91 Å². The van der Waals surface area contributed by atoms with Crippen LogP contribution < -0.4 is 4.90 Å². The first-order chi connectivity index (χ1) is 10.7. The normalized spacial score (nSPS) is 15.9. The van der Waals surface area contributed by atoms with Gasteiger partial charge in [0.05, 0.1) is 12.4 Å². The number of hydrogen-bond acceptors (Lipinski definition) is 4. The number of aromatic nitrogens is 2. The van der Waals surface area contributed by atoms with Gasteiger partial charge >= 0.3 is 0 Å². The van der Waals surface area contributed by atoms with Crippen molar-refractivity contribution in [3.8, 4) is 0 Å². The molecule has 0 atom stereocenters. The summed E-state index contributed by atoms with van der Waals surface area (Å²) >= 11 is 0. The minimum atomic E-state index is -0.00461. The molecule has 0 aliphatic carbocycles. The van der Waals surface area contributed by atoms with E-state index in [2.05, 4.69) is 35.6 Å². The maximum absolute atomic E-state index is 12.5. The molecule has 5 nitrogen and oxygen atoms in total. The van der Waals surface area contributed by atoms with Crippen LogP contribution in [0, 0.1) is 5.92 Å². The third-order valence-corrected chi connectivity index (χ3v) is 4.24. The van der Waals surface area contributed by atoms with Crippen LogP contribution in [0.4, 0.5) is 5.82 Å². The van der Waals surface area contributed by atoms with Crippen LogP contribution in [-0.4, -0.2) is 47.0 Å². The molecule has 1 amide bonds. The Balaban J connectivity index is 2.02. The van der Waals surface area contributed by atoms with Crippen LogP contribution in [0.15, 0.2) is 12.4 Å². The molecular formula is C17H28N4O. The molecule has 1 aromatic heterocycles. The Kier molecular flexibility index (Phi) is 6.16. The van der Waals surface area contributed by atoms with Crippen molar-refractivity contribution in [3.05, 3.63) is 18.1 Å². The van der Waals surface area contributed by atoms with Gasteiger partial charge in [0.15, 0.2) is 0 Å². The first-order valence-electron chi connectivity index (χ1n) is 8.52. The highest BCUT2D eigenvalue weighted by Gasteiger charge is 2.19. The van der Waals surface area contributed by atoms with Gasteiger partial charge in [-0.05, 0) is 31.6 Å². The van der Waals surface area contributed by atoms with Gasteiger partial charge in [-0.3, -0.25) is 4.79 Å². The SMILES string of the molecule is CCCN(CCC)C(=O)c1cnc(N2CCC(C)CC2)cn1. The Morgan fingerprint density at radius 1 is 1.18 bits per heavy atom. The second-order valence-corrected chi connectivity index (χ2v) is 6.22. The van der Waals surface area contributed by atoms with E-state index >= 15 is 0 Å². The lowest BCUT2D eigenvalue weighted by Gasteiger charge is -2.31.